The number of hydrogen-bond donors (Lipinski definition) is 1. The first-order valence-corrected chi connectivity index (χ1v) is 7.54. The lowest BCUT2D eigenvalue weighted by atomic mass is 10.1. The van der Waals surface area contributed by atoms with E-state index in [1.165, 1.54) is 0 Å². The molecule has 0 aliphatic carbocycles. The highest BCUT2D eigenvalue weighted by Gasteiger charge is 2.04. The first kappa shape index (κ1) is 13.7. The number of anilines is 1. The van der Waals surface area contributed by atoms with Crippen molar-refractivity contribution in [2.45, 2.75) is 6.54 Å². The molecular weight excluding hydrogens is 326 g/mol. The number of fused-ring (bicyclic) bond motifs is 1. The fraction of sp³-hybridized carbons (Fsp3) is 0.118. The zero-order valence-electron chi connectivity index (χ0n) is 11.4. The van der Waals surface area contributed by atoms with Crippen molar-refractivity contribution in [1.82, 2.24) is 4.57 Å². The fourth-order valence-electron chi connectivity index (χ4n) is 2.44. The van der Waals surface area contributed by atoms with Crippen molar-refractivity contribution in [3.05, 3.63) is 64.8 Å². The van der Waals surface area contributed by atoms with E-state index < -0.39 is 0 Å². The topological polar surface area (TPSA) is 40.8 Å². The standard InChI is InChI=1S/C17H14BrN3/c18-14-4-2-5-15(11-14)20-8-10-21-9-7-16-13(12-19)3-1-6-17(16)21/h1-7,9,11,20H,8,10H2. The molecule has 0 aliphatic heterocycles. The van der Waals surface area contributed by atoms with Gasteiger partial charge >= 0.3 is 0 Å². The first-order chi connectivity index (χ1) is 10.3. The maximum atomic E-state index is 9.12. The van der Waals surface area contributed by atoms with E-state index in [4.69, 9.17) is 5.26 Å². The summed E-state index contributed by atoms with van der Waals surface area (Å²) in [5.74, 6) is 0. The maximum Gasteiger partial charge on any atom is 0.0998 e. The Balaban J connectivity index is 1.73. The number of nitriles is 1. The van der Waals surface area contributed by atoms with E-state index in [0.29, 0.717) is 0 Å². The van der Waals surface area contributed by atoms with E-state index in [1.54, 1.807) is 0 Å². The second-order valence-corrected chi connectivity index (χ2v) is 5.71. The van der Waals surface area contributed by atoms with Gasteiger partial charge in [0.2, 0.25) is 0 Å². The van der Waals surface area contributed by atoms with Gasteiger partial charge < -0.3 is 9.88 Å². The lowest BCUT2D eigenvalue weighted by molar-refractivity contribution is 0.757. The predicted molar refractivity (Wildman–Crippen MR) is 89.3 cm³/mol. The van der Waals surface area contributed by atoms with Crippen molar-refractivity contribution in [2.24, 2.45) is 0 Å². The third-order valence-electron chi connectivity index (χ3n) is 3.44. The summed E-state index contributed by atoms with van der Waals surface area (Å²) in [7, 11) is 0. The van der Waals surface area contributed by atoms with Crippen LogP contribution in [0.1, 0.15) is 5.56 Å². The van der Waals surface area contributed by atoms with Crippen LogP contribution < -0.4 is 5.32 Å². The van der Waals surface area contributed by atoms with Gasteiger partial charge in [-0.25, -0.2) is 0 Å². The van der Waals surface area contributed by atoms with Crippen molar-refractivity contribution in [3.63, 3.8) is 0 Å². The Bertz CT molecular complexity index is 814. The SMILES string of the molecule is N#Cc1cccc2c1ccn2CCNc1cccc(Br)c1. The molecule has 1 aromatic heterocycles. The normalized spacial score (nSPS) is 10.5. The van der Waals surface area contributed by atoms with Gasteiger partial charge in [0.05, 0.1) is 11.6 Å². The van der Waals surface area contributed by atoms with Crippen LogP contribution in [0.25, 0.3) is 10.9 Å². The number of benzene rings is 2. The summed E-state index contributed by atoms with van der Waals surface area (Å²) in [4.78, 5) is 0. The van der Waals surface area contributed by atoms with Gasteiger partial charge in [0.1, 0.15) is 0 Å². The quantitative estimate of drug-likeness (QED) is 0.765. The van der Waals surface area contributed by atoms with Crippen LogP contribution >= 0.6 is 15.9 Å². The number of nitrogens with one attached hydrogen (secondary N) is 1. The zero-order chi connectivity index (χ0) is 14.7. The van der Waals surface area contributed by atoms with Crippen LogP contribution in [0.5, 0.6) is 0 Å². The summed E-state index contributed by atoms with van der Waals surface area (Å²) >= 11 is 3.47. The molecule has 0 atom stereocenters. The third kappa shape index (κ3) is 2.93. The van der Waals surface area contributed by atoms with E-state index in [2.05, 4.69) is 44.0 Å². The molecule has 0 radical (unpaired) electrons. The number of rotatable bonds is 4. The molecular formula is C17H14BrN3. The number of hydrogen-bond acceptors (Lipinski definition) is 2. The molecule has 0 amide bonds. The largest absolute Gasteiger partial charge is 0.383 e. The Hall–Kier alpha value is -2.25. The highest BCUT2D eigenvalue weighted by molar-refractivity contribution is 9.10. The van der Waals surface area contributed by atoms with Gasteiger partial charge in [0, 0.05) is 40.3 Å². The molecule has 3 rings (SSSR count). The Kier molecular flexibility index (Phi) is 3.94. The predicted octanol–water partition coefficient (Wildman–Crippen LogP) is 4.39. The first-order valence-electron chi connectivity index (χ1n) is 6.75. The van der Waals surface area contributed by atoms with Crippen LogP contribution in [0.2, 0.25) is 0 Å². The molecule has 0 fully saturated rings. The lowest BCUT2D eigenvalue weighted by Crippen LogP contribution is -2.09. The zero-order valence-corrected chi connectivity index (χ0v) is 13.0. The summed E-state index contributed by atoms with van der Waals surface area (Å²) in [5, 5.41) is 13.5. The monoisotopic (exact) mass is 339 g/mol. The summed E-state index contributed by atoms with van der Waals surface area (Å²) in [5.41, 5.74) is 2.93. The number of halogens is 1. The molecule has 0 spiro atoms. The van der Waals surface area contributed by atoms with Crippen LogP contribution in [-0.2, 0) is 6.54 Å². The minimum atomic E-state index is 0.728. The molecule has 2 aromatic carbocycles. The molecule has 3 nitrogen and oxygen atoms in total. The third-order valence-corrected chi connectivity index (χ3v) is 3.93. The smallest absolute Gasteiger partial charge is 0.0998 e. The second-order valence-electron chi connectivity index (χ2n) is 4.80. The molecule has 0 aliphatic rings. The van der Waals surface area contributed by atoms with Crippen molar-refractivity contribution in [2.75, 3.05) is 11.9 Å². The maximum absolute atomic E-state index is 9.12. The van der Waals surface area contributed by atoms with E-state index in [9.17, 15) is 0 Å². The number of aromatic nitrogens is 1. The Labute approximate surface area is 131 Å². The van der Waals surface area contributed by atoms with Crippen LogP contribution in [0.15, 0.2) is 59.2 Å². The van der Waals surface area contributed by atoms with E-state index in [1.807, 2.05) is 42.6 Å². The highest BCUT2D eigenvalue weighted by atomic mass is 79.9. The van der Waals surface area contributed by atoms with Crippen molar-refractivity contribution in [3.8, 4) is 6.07 Å². The second kappa shape index (κ2) is 6.02. The molecule has 4 heteroatoms. The highest BCUT2D eigenvalue weighted by Crippen LogP contribution is 2.20. The molecule has 0 bridgehead atoms. The summed E-state index contributed by atoms with van der Waals surface area (Å²) in [6.07, 6.45) is 2.04. The Morgan fingerprint density at radius 2 is 2.00 bits per heavy atom. The van der Waals surface area contributed by atoms with Gasteiger partial charge in [-0.05, 0) is 36.4 Å². The summed E-state index contributed by atoms with van der Waals surface area (Å²) in [6.45, 7) is 1.68. The minimum Gasteiger partial charge on any atom is -0.383 e. The van der Waals surface area contributed by atoms with E-state index >= 15 is 0 Å². The molecule has 0 unspecified atom stereocenters. The summed E-state index contributed by atoms with van der Waals surface area (Å²) < 4.78 is 3.24. The van der Waals surface area contributed by atoms with Crippen molar-refractivity contribution >= 4 is 32.5 Å². The van der Waals surface area contributed by atoms with Gasteiger partial charge in [-0.1, -0.05) is 28.1 Å². The molecule has 1 N–H and O–H groups in total. The molecule has 21 heavy (non-hydrogen) atoms. The molecule has 0 saturated heterocycles. The Morgan fingerprint density at radius 3 is 2.81 bits per heavy atom. The molecule has 3 aromatic rings. The fourth-order valence-corrected chi connectivity index (χ4v) is 2.83. The van der Waals surface area contributed by atoms with Gasteiger partial charge in [0.15, 0.2) is 0 Å². The molecule has 104 valence electrons. The van der Waals surface area contributed by atoms with Crippen LogP contribution in [0.3, 0.4) is 0 Å². The van der Waals surface area contributed by atoms with Crippen molar-refractivity contribution < 1.29 is 0 Å². The average Bonchev–Trinajstić information content (AvgIpc) is 2.91. The number of nitrogens with zero attached hydrogens (tertiary/aromatic N) is 2. The van der Waals surface area contributed by atoms with Gasteiger partial charge in [-0.15, -0.1) is 0 Å². The van der Waals surface area contributed by atoms with Crippen molar-refractivity contribution in [1.29, 1.82) is 5.26 Å². The minimum absolute atomic E-state index is 0.728. The van der Waals surface area contributed by atoms with Gasteiger partial charge in [-0.2, -0.15) is 5.26 Å². The molecule has 1 heterocycles. The lowest BCUT2D eigenvalue weighted by Gasteiger charge is -2.09. The average molecular weight is 340 g/mol. The van der Waals surface area contributed by atoms with E-state index in [0.717, 1.165) is 39.7 Å². The van der Waals surface area contributed by atoms with Crippen LogP contribution in [0, 0.1) is 11.3 Å². The van der Waals surface area contributed by atoms with Crippen LogP contribution in [0.4, 0.5) is 5.69 Å². The van der Waals surface area contributed by atoms with Crippen LogP contribution in [-0.4, -0.2) is 11.1 Å². The van der Waals surface area contributed by atoms with Gasteiger partial charge in [-0.3, -0.25) is 0 Å². The summed E-state index contributed by atoms with van der Waals surface area (Å²) in [6, 6.07) is 18.2. The Morgan fingerprint density at radius 1 is 1.14 bits per heavy atom. The molecule has 0 saturated carbocycles. The van der Waals surface area contributed by atoms with Gasteiger partial charge in [0.25, 0.3) is 0 Å². The van der Waals surface area contributed by atoms with E-state index in [-0.39, 0.29) is 0 Å².